The summed E-state index contributed by atoms with van der Waals surface area (Å²) in [6, 6.07) is 7.86. The highest BCUT2D eigenvalue weighted by molar-refractivity contribution is 5.84. The summed E-state index contributed by atoms with van der Waals surface area (Å²) in [5.41, 5.74) is 0.897. The minimum atomic E-state index is 0.0998. The topological polar surface area (TPSA) is 47.0 Å². The Bertz CT molecular complexity index is 511. The van der Waals surface area contributed by atoms with Crippen LogP contribution >= 0.6 is 0 Å². The lowest BCUT2D eigenvalue weighted by atomic mass is 10.2. The van der Waals surface area contributed by atoms with Crippen molar-refractivity contribution in [2.75, 3.05) is 11.9 Å². The quantitative estimate of drug-likeness (QED) is 0.879. The molecule has 17 heavy (non-hydrogen) atoms. The summed E-state index contributed by atoms with van der Waals surface area (Å²) in [6.07, 6.45) is 0.0998. The Morgan fingerprint density at radius 3 is 2.71 bits per heavy atom. The van der Waals surface area contributed by atoms with E-state index in [9.17, 15) is 0 Å². The fraction of sp³-hybridized carbons (Fsp3) is 0.385. The van der Waals surface area contributed by atoms with E-state index in [-0.39, 0.29) is 6.10 Å². The summed E-state index contributed by atoms with van der Waals surface area (Å²) in [5, 5.41) is 4.06. The predicted molar refractivity (Wildman–Crippen MR) is 69.5 cm³/mol. The molecule has 0 aliphatic heterocycles. The zero-order valence-electron chi connectivity index (χ0n) is 10.4. The zero-order chi connectivity index (χ0) is 12.3. The van der Waals surface area contributed by atoms with Gasteiger partial charge in [0.15, 0.2) is 0 Å². The molecule has 0 saturated heterocycles. The fourth-order valence-electron chi connectivity index (χ4n) is 1.60. The first-order valence-electron chi connectivity index (χ1n) is 5.88. The average Bonchev–Trinajstić information content (AvgIpc) is 2.29. The predicted octanol–water partition coefficient (Wildman–Crippen LogP) is 2.85. The van der Waals surface area contributed by atoms with Gasteiger partial charge in [-0.2, -0.15) is 4.98 Å². The molecule has 1 aromatic heterocycles. The molecule has 2 rings (SSSR count). The van der Waals surface area contributed by atoms with Crippen molar-refractivity contribution in [2.24, 2.45) is 0 Å². The van der Waals surface area contributed by atoms with Gasteiger partial charge < -0.3 is 10.1 Å². The minimum absolute atomic E-state index is 0.0998. The zero-order valence-corrected chi connectivity index (χ0v) is 10.4. The maximum absolute atomic E-state index is 5.72. The van der Waals surface area contributed by atoms with Crippen LogP contribution in [-0.2, 0) is 0 Å². The van der Waals surface area contributed by atoms with Gasteiger partial charge in [-0.25, -0.2) is 4.98 Å². The first-order valence-corrected chi connectivity index (χ1v) is 5.88. The number of hydrogen-bond donors (Lipinski definition) is 1. The van der Waals surface area contributed by atoms with Crippen molar-refractivity contribution in [3.05, 3.63) is 24.3 Å². The van der Waals surface area contributed by atoms with Gasteiger partial charge in [0.1, 0.15) is 0 Å². The lowest BCUT2D eigenvalue weighted by Crippen LogP contribution is -2.10. The molecule has 1 heterocycles. The highest BCUT2D eigenvalue weighted by Gasteiger charge is 2.09. The summed E-state index contributed by atoms with van der Waals surface area (Å²) < 4.78 is 5.72. The Kier molecular flexibility index (Phi) is 3.42. The summed E-state index contributed by atoms with van der Waals surface area (Å²) in [6.45, 7) is 6.79. The Morgan fingerprint density at radius 1 is 1.24 bits per heavy atom. The molecule has 0 spiro atoms. The first kappa shape index (κ1) is 11.6. The molecule has 0 saturated carbocycles. The number of rotatable bonds is 4. The molecular formula is C13H17N3O. The lowest BCUT2D eigenvalue weighted by molar-refractivity contribution is 0.236. The average molecular weight is 231 g/mol. The number of ether oxygens (including phenoxy) is 1. The monoisotopic (exact) mass is 231 g/mol. The maximum Gasteiger partial charge on any atom is 0.226 e. The van der Waals surface area contributed by atoms with Gasteiger partial charge in [0, 0.05) is 6.54 Å². The fourth-order valence-corrected chi connectivity index (χ4v) is 1.60. The summed E-state index contributed by atoms with van der Waals surface area (Å²) in [7, 11) is 0. The molecule has 1 N–H and O–H groups in total. The normalized spacial score (nSPS) is 10.8. The van der Waals surface area contributed by atoms with Crippen LogP contribution in [-0.4, -0.2) is 22.6 Å². The number of nitrogens with zero attached hydrogens (tertiary/aromatic N) is 2. The SMILES string of the molecule is CCNc1nc(OC(C)C)c2ccccc2n1. The van der Waals surface area contributed by atoms with Crippen molar-refractivity contribution >= 4 is 16.9 Å². The third kappa shape index (κ3) is 2.64. The number of fused-ring (bicyclic) bond motifs is 1. The van der Waals surface area contributed by atoms with Gasteiger partial charge in [0.05, 0.1) is 17.0 Å². The van der Waals surface area contributed by atoms with Crippen molar-refractivity contribution in [2.45, 2.75) is 26.9 Å². The van der Waals surface area contributed by atoms with Gasteiger partial charge in [-0.05, 0) is 32.9 Å². The van der Waals surface area contributed by atoms with Crippen LogP contribution in [0.1, 0.15) is 20.8 Å². The second-order valence-electron chi connectivity index (χ2n) is 4.07. The second kappa shape index (κ2) is 4.99. The summed E-state index contributed by atoms with van der Waals surface area (Å²) >= 11 is 0. The van der Waals surface area contributed by atoms with E-state index >= 15 is 0 Å². The molecule has 0 bridgehead atoms. The highest BCUT2D eigenvalue weighted by Crippen LogP contribution is 2.24. The first-order chi connectivity index (χ1) is 8.20. The number of para-hydroxylation sites is 1. The van der Waals surface area contributed by atoms with Crippen molar-refractivity contribution in [1.29, 1.82) is 0 Å². The van der Waals surface area contributed by atoms with Gasteiger partial charge in [0.2, 0.25) is 11.8 Å². The molecule has 2 aromatic rings. The van der Waals surface area contributed by atoms with Crippen LogP contribution in [0.2, 0.25) is 0 Å². The van der Waals surface area contributed by atoms with E-state index in [0.717, 1.165) is 17.4 Å². The molecule has 0 atom stereocenters. The molecule has 4 nitrogen and oxygen atoms in total. The summed E-state index contributed by atoms with van der Waals surface area (Å²) in [4.78, 5) is 8.82. The van der Waals surface area contributed by atoms with Crippen LogP contribution in [0.15, 0.2) is 24.3 Å². The standard InChI is InChI=1S/C13H17N3O/c1-4-14-13-15-11-8-6-5-7-10(11)12(16-13)17-9(2)3/h5-9H,4H2,1-3H3,(H,14,15,16). The second-order valence-corrected chi connectivity index (χ2v) is 4.07. The van der Waals surface area contributed by atoms with E-state index < -0.39 is 0 Å². The van der Waals surface area contributed by atoms with Crippen LogP contribution in [0.4, 0.5) is 5.95 Å². The van der Waals surface area contributed by atoms with E-state index in [2.05, 4.69) is 15.3 Å². The van der Waals surface area contributed by atoms with E-state index in [1.54, 1.807) is 0 Å². The van der Waals surface area contributed by atoms with Crippen LogP contribution in [0, 0.1) is 0 Å². The van der Waals surface area contributed by atoms with Gasteiger partial charge in [0.25, 0.3) is 0 Å². The third-order valence-corrected chi connectivity index (χ3v) is 2.25. The highest BCUT2D eigenvalue weighted by atomic mass is 16.5. The molecule has 90 valence electrons. The number of nitrogens with one attached hydrogen (secondary N) is 1. The van der Waals surface area contributed by atoms with Crippen molar-refractivity contribution < 1.29 is 4.74 Å². The minimum Gasteiger partial charge on any atom is -0.474 e. The van der Waals surface area contributed by atoms with Gasteiger partial charge in [-0.1, -0.05) is 12.1 Å². The maximum atomic E-state index is 5.72. The Labute approximate surface area is 101 Å². The molecule has 1 aromatic carbocycles. The van der Waals surface area contributed by atoms with Gasteiger partial charge in [-0.15, -0.1) is 0 Å². The number of aromatic nitrogens is 2. The smallest absolute Gasteiger partial charge is 0.226 e. The number of anilines is 1. The van der Waals surface area contributed by atoms with Crippen LogP contribution in [0.5, 0.6) is 5.88 Å². The Hall–Kier alpha value is -1.84. The molecule has 0 radical (unpaired) electrons. The van der Waals surface area contributed by atoms with Crippen molar-refractivity contribution in [3.8, 4) is 5.88 Å². The molecule has 0 aliphatic carbocycles. The van der Waals surface area contributed by atoms with Crippen LogP contribution in [0.3, 0.4) is 0 Å². The molecular weight excluding hydrogens is 214 g/mol. The molecule has 0 unspecified atom stereocenters. The van der Waals surface area contributed by atoms with Crippen LogP contribution in [0.25, 0.3) is 10.9 Å². The molecule has 0 aliphatic rings. The molecule has 0 fully saturated rings. The van der Waals surface area contributed by atoms with E-state index in [1.807, 2.05) is 45.0 Å². The number of hydrogen-bond acceptors (Lipinski definition) is 4. The van der Waals surface area contributed by atoms with Gasteiger partial charge in [-0.3, -0.25) is 0 Å². The molecule has 0 amide bonds. The summed E-state index contributed by atoms with van der Waals surface area (Å²) in [5.74, 6) is 1.25. The largest absolute Gasteiger partial charge is 0.474 e. The Morgan fingerprint density at radius 2 is 2.00 bits per heavy atom. The van der Waals surface area contributed by atoms with Crippen LogP contribution < -0.4 is 10.1 Å². The number of benzene rings is 1. The van der Waals surface area contributed by atoms with E-state index in [0.29, 0.717) is 11.8 Å². The van der Waals surface area contributed by atoms with Crippen molar-refractivity contribution in [3.63, 3.8) is 0 Å². The van der Waals surface area contributed by atoms with E-state index in [4.69, 9.17) is 4.74 Å². The lowest BCUT2D eigenvalue weighted by Gasteiger charge is -2.12. The van der Waals surface area contributed by atoms with Crippen molar-refractivity contribution in [1.82, 2.24) is 9.97 Å². The molecule has 4 heteroatoms. The van der Waals surface area contributed by atoms with E-state index in [1.165, 1.54) is 0 Å². The van der Waals surface area contributed by atoms with Gasteiger partial charge >= 0.3 is 0 Å². The third-order valence-electron chi connectivity index (χ3n) is 2.25. The Balaban J connectivity index is 2.52.